The maximum atomic E-state index is 11.8. The van der Waals surface area contributed by atoms with Crippen molar-refractivity contribution in [1.82, 2.24) is 15.5 Å². The maximum absolute atomic E-state index is 11.8. The van der Waals surface area contributed by atoms with Crippen molar-refractivity contribution in [3.8, 4) is 0 Å². The molecule has 21 heavy (non-hydrogen) atoms. The van der Waals surface area contributed by atoms with Gasteiger partial charge in [0.2, 0.25) is 11.9 Å². The van der Waals surface area contributed by atoms with Crippen LogP contribution in [0, 0.1) is 10.1 Å². The molecular weight excluding hydrogens is 276 g/mol. The molecule has 1 fully saturated rings. The zero-order valence-electron chi connectivity index (χ0n) is 10.9. The number of nitro groups is 1. The Kier molecular flexibility index (Phi) is 3.35. The van der Waals surface area contributed by atoms with E-state index >= 15 is 0 Å². The van der Waals surface area contributed by atoms with Gasteiger partial charge in [-0.3, -0.25) is 14.9 Å². The minimum atomic E-state index is -0.628. The normalized spacial score (nSPS) is 20.0. The minimum Gasteiger partial charge on any atom is -0.345 e. The molecule has 8 heteroatoms. The smallest absolute Gasteiger partial charge is 0.251 e. The van der Waals surface area contributed by atoms with Gasteiger partial charge in [0.25, 0.3) is 5.91 Å². The molecule has 0 saturated heterocycles. The Morgan fingerprint density at radius 3 is 2.86 bits per heavy atom. The zero-order chi connectivity index (χ0) is 14.8. The van der Waals surface area contributed by atoms with E-state index < -0.39 is 6.04 Å². The minimum absolute atomic E-state index is 0.118. The van der Waals surface area contributed by atoms with Crippen LogP contribution in [-0.4, -0.2) is 27.0 Å². The molecule has 1 aromatic heterocycles. The van der Waals surface area contributed by atoms with Crippen molar-refractivity contribution < 1.29 is 14.2 Å². The van der Waals surface area contributed by atoms with Crippen LogP contribution in [0.15, 0.2) is 34.9 Å². The molecule has 1 aliphatic carbocycles. The van der Waals surface area contributed by atoms with Gasteiger partial charge >= 0.3 is 0 Å². The Balaban J connectivity index is 1.56. The first-order valence-electron chi connectivity index (χ1n) is 6.44. The molecule has 1 aromatic carbocycles. The number of nitrogens with one attached hydrogen (secondary N) is 1. The number of hydrogen-bond donors (Lipinski definition) is 1. The molecule has 2 unspecified atom stereocenters. The fourth-order valence-electron chi connectivity index (χ4n) is 2.02. The van der Waals surface area contributed by atoms with Crippen molar-refractivity contribution in [1.29, 1.82) is 0 Å². The van der Waals surface area contributed by atoms with Crippen LogP contribution in [0.4, 0.5) is 0 Å². The molecule has 0 bridgehead atoms. The Labute approximate surface area is 119 Å². The Morgan fingerprint density at radius 2 is 2.19 bits per heavy atom. The molecule has 1 amide bonds. The summed E-state index contributed by atoms with van der Waals surface area (Å²) in [4.78, 5) is 26.1. The predicted molar refractivity (Wildman–Crippen MR) is 70.1 cm³/mol. The average Bonchev–Trinajstić information content (AvgIpc) is 3.18. The monoisotopic (exact) mass is 288 g/mol. The van der Waals surface area contributed by atoms with Gasteiger partial charge in [-0.05, 0) is 12.1 Å². The summed E-state index contributed by atoms with van der Waals surface area (Å²) < 4.78 is 4.99. The van der Waals surface area contributed by atoms with Gasteiger partial charge in [0.05, 0.1) is 6.54 Å². The molecule has 0 radical (unpaired) electrons. The molecule has 0 aliphatic heterocycles. The molecule has 1 saturated carbocycles. The summed E-state index contributed by atoms with van der Waals surface area (Å²) in [7, 11) is 0. The Bertz CT molecular complexity index is 670. The lowest BCUT2D eigenvalue weighted by atomic mass is 10.2. The number of nitrogens with zero attached hydrogens (tertiary/aromatic N) is 3. The van der Waals surface area contributed by atoms with E-state index in [4.69, 9.17) is 4.52 Å². The van der Waals surface area contributed by atoms with Gasteiger partial charge in [0.1, 0.15) is 5.92 Å². The summed E-state index contributed by atoms with van der Waals surface area (Å²) in [5, 5.41) is 17.0. The lowest BCUT2D eigenvalue weighted by molar-refractivity contribution is -0.496. The van der Waals surface area contributed by atoms with Crippen LogP contribution in [-0.2, 0) is 6.54 Å². The van der Waals surface area contributed by atoms with E-state index in [-0.39, 0.29) is 29.2 Å². The van der Waals surface area contributed by atoms with Gasteiger partial charge in [0, 0.05) is 16.9 Å². The summed E-state index contributed by atoms with van der Waals surface area (Å²) in [5.74, 6) is 0.0338. The topological polar surface area (TPSA) is 111 Å². The van der Waals surface area contributed by atoms with Gasteiger partial charge < -0.3 is 9.84 Å². The number of amides is 1. The summed E-state index contributed by atoms with van der Waals surface area (Å²) in [5.41, 5.74) is 0.539. The Morgan fingerprint density at radius 1 is 1.43 bits per heavy atom. The first kappa shape index (κ1) is 13.2. The van der Waals surface area contributed by atoms with E-state index in [2.05, 4.69) is 15.5 Å². The fraction of sp³-hybridized carbons (Fsp3) is 0.308. The second-order valence-electron chi connectivity index (χ2n) is 4.79. The summed E-state index contributed by atoms with van der Waals surface area (Å²) in [6.45, 7) is 0.118. The Hall–Kier alpha value is -2.77. The van der Waals surface area contributed by atoms with Crippen LogP contribution < -0.4 is 5.32 Å². The average molecular weight is 288 g/mol. The molecule has 1 N–H and O–H groups in total. The molecule has 108 valence electrons. The third-order valence-corrected chi connectivity index (χ3v) is 3.27. The third-order valence-electron chi connectivity index (χ3n) is 3.27. The first-order valence-corrected chi connectivity index (χ1v) is 6.44. The van der Waals surface area contributed by atoms with Crippen LogP contribution in [0.3, 0.4) is 0 Å². The first-order chi connectivity index (χ1) is 10.1. The third kappa shape index (κ3) is 2.88. The van der Waals surface area contributed by atoms with Crippen LogP contribution in [0.2, 0.25) is 0 Å². The maximum Gasteiger partial charge on any atom is 0.251 e. The number of carbonyl (C=O) groups excluding carboxylic acids is 1. The number of benzene rings is 1. The fourth-order valence-corrected chi connectivity index (χ4v) is 2.02. The lowest BCUT2D eigenvalue weighted by Gasteiger charge is -2.01. The van der Waals surface area contributed by atoms with Crippen LogP contribution in [0.1, 0.15) is 34.4 Å². The number of carbonyl (C=O) groups is 1. The molecular formula is C13H12N4O4. The molecule has 1 aliphatic rings. The van der Waals surface area contributed by atoms with Crippen molar-refractivity contribution in [2.24, 2.45) is 0 Å². The number of hydrogen-bond acceptors (Lipinski definition) is 6. The van der Waals surface area contributed by atoms with Crippen molar-refractivity contribution in [2.75, 3.05) is 0 Å². The highest BCUT2D eigenvalue weighted by molar-refractivity contribution is 5.93. The van der Waals surface area contributed by atoms with Crippen LogP contribution in [0.25, 0.3) is 0 Å². The van der Waals surface area contributed by atoms with Gasteiger partial charge in [-0.25, -0.2) is 0 Å². The quantitative estimate of drug-likeness (QED) is 0.652. The standard InChI is InChI=1S/C13H12N4O4/c18-12(8-4-2-1-3-5-8)14-7-11-15-13(21-16-11)9-6-10(9)17(19)20/h1-5,9-10H,6-7H2,(H,14,18). The highest BCUT2D eigenvalue weighted by atomic mass is 16.6. The van der Waals surface area contributed by atoms with E-state index in [0.29, 0.717) is 17.8 Å². The number of rotatable bonds is 5. The summed E-state index contributed by atoms with van der Waals surface area (Å²) in [6.07, 6.45) is 0.422. The van der Waals surface area contributed by atoms with Gasteiger partial charge in [0.15, 0.2) is 5.82 Å². The second-order valence-corrected chi connectivity index (χ2v) is 4.79. The predicted octanol–water partition coefficient (Wildman–Crippen LogP) is 1.13. The van der Waals surface area contributed by atoms with Crippen molar-refractivity contribution in [2.45, 2.75) is 24.9 Å². The van der Waals surface area contributed by atoms with E-state index in [1.54, 1.807) is 24.3 Å². The van der Waals surface area contributed by atoms with Gasteiger partial charge in [-0.2, -0.15) is 4.98 Å². The molecule has 8 nitrogen and oxygen atoms in total. The van der Waals surface area contributed by atoms with E-state index in [1.165, 1.54) is 0 Å². The largest absolute Gasteiger partial charge is 0.345 e. The van der Waals surface area contributed by atoms with Gasteiger partial charge in [-0.15, -0.1) is 0 Å². The van der Waals surface area contributed by atoms with Crippen molar-refractivity contribution >= 4 is 5.91 Å². The van der Waals surface area contributed by atoms with Crippen LogP contribution in [0.5, 0.6) is 0 Å². The second kappa shape index (κ2) is 5.31. The molecule has 3 rings (SSSR count). The van der Waals surface area contributed by atoms with E-state index in [0.717, 1.165) is 0 Å². The van der Waals surface area contributed by atoms with Crippen molar-refractivity contribution in [3.05, 3.63) is 57.7 Å². The van der Waals surface area contributed by atoms with Gasteiger partial charge in [-0.1, -0.05) is 23.4 Å². The summed E-state index contributed by atoms with van der Waals surface area (Å²) >= 11 is 0. The molecule has 1 heterocycles. The molecule has 2 atom stereocenters. The lowest BCUT2D eigenvalue weighted by Crippen LogP contribution is -2.23. The highest BCUT2D eigenvalue weighted by Crippen LogP contribution is 2.41. The van der Waals surface area contributed by atoms with E-state index in [1.807, 2.05) is 6.07 Å². The summed E-state index contributed by atoms with van der Waals surface area (Å²) in [6, 6.07) is 8.13. The number of aromatic nitrogens is 2. The highest BCUT2D eigenvalue weighted by Gasteiger charge is 2.53. The van der Waals surface area contributed by atoms with Crippen LogP contribution >= 0.6 is 0 Å². The van der Waals surface area contributed by atoms with Crippen molar-refractivity contribution in [3.63, 3.8) is 0 Å². The zero-order valence-corrected chi connectivity index (χ0v) is 10.9. The van der Waals surface area contributed by atoms with E-state index in [9.17, 15) is 14.9 Å². The SMILES string of the molecule is O=C(NCc1noc(C2CC2[N+](=O)[O-])n1)c1ccccc1. The molecule has 0 spiro atoms. The molecule has 2 aromatic rings.